The molecule has 0 aliphatic carbocycles. The summed E-state index contributed by atoms with van der Waals surface area (Å²) in [6.45, 7) is 8.94. The fourth-order valence-corrected chi connectivity index (χ4v) is 3.06. The van der Waals surface area contributed by atoms with Crippen LogP contribution in [0, 0.1) is 12.8 Å². The number of nitrogens with zero attached hydrogens (tertiary/aromatic N) is 3. The van der Waals surface area contributed by atoms with E-state index in [2.05, 4.69) is 34.8 Å². The van der Waals surface area contributed by atoms with Crippen molar-refractivity contribution in [2.24, 2.45) is 5.92 Å². The van der Waals surface area contributed by atoms with Crippen molar-refractivity contribution in [2.75, 3.05) is 25.0 Å². The van der Waals surface area contributed by atoms with Gasteiger partial charge in [0.15, 0.2) is 5.69 Å². The fraction of sp³-hybridized carbons (Fsp3) is 0.550. The number of aryl methyl sites for hydroxylation is 1. The van der Waals surface area contributed by atoms with E-state index in [0.717, 1.165) is 43.7 Å². The van der Waals surface area contributed by atoms with Gasteiger partial charge >= 0.3 is 0 Å². The fourth-order valence-electron chi connectivity index (χ4n) is 3.06. The Morgan fingerprint density at radius 3 is 2.82 bits per heavy atom. The lowest BCUT2D eigenvalue weighted by molar-refractivity contribution is 0.102. The average molecular weight is 408 g/mol. The van der Waals surface area contributed by atoms with Gasteiger partial charge in [0.2, 0.25) is 0 Å². The van der Waals surface area contributed by atoms with E-state index in [1.54, 1.807) is 6.20 Å². The first-order valence-electron chi connectivity index (χ1n) is 9.70. The number of amides is 1. The van der Waals surface area contributed by atoms with E-state index in [1.165, 1.54) is 0 Å². The standard InChI is InChI=1S/C20H29N5O2.ClH/c1-14(2)8-11-27-19-12-16(5-4-15(19)3)22-20(26)18-13-25(24-23-18)17-6-9-21-10-7-17;/h4-5,12-14,17,21H,6-11H2,1-3H3,(H,22,26);1H. The number of carbonyl (C=O) groups excluding carboxylic acids is 1. The second-order valence-corrected chi connectivity index (χ2v) is 7.53. The van der Waals surface area contributed by atoms with Crippen LogP contribution in [-0.2, 0) is 0 Å². The first-order chi connectivity index (χ1) is 13.0. The predicted octanol–water partition coefficient (Wildman–Crippen LogP) is 3.61. The van der Waals surface area contributed by atoms with Gasteiger partial charge in [0.25, 0.3) is 5.91 Å². The van der Waals surface area contributed by atoms with Gasteiger partial charge in [-0.15, -0.1) is 17.5 Å². The molecule has 1 aromatic heterocycles. The molecule has 7 nitrogen and oxygen atoms in total. The first-order valence-corrected chi connectivity index (χ1v) is 9.70. The number of ether oxygens (including phenoxy) is 1. The Bertz CT molecular complexity index is 772. The van der Waals surface area contributed by atoms with Gasteiger partial charge in [-0.05, 0) is 56.8 Å². The number of anilines is 1. The maximum atomic E-state index is 12.5. The van der Waals surface area contributed by atoms with Crippen LogP contribution >= 0.6 is 12.4 Å². The average Bonchev–Trinajstić information content (AvgIpc) is 3.15. The number of benzene rings is 1. The van der Waals surface area contributed by atoms with Crippen LogP contribution in [0.1, 0.15) is 55.2 Å². The number of piperidine rings is 1. The SMILES string of the molecule is Cc1ccc(NC(=O)c2cn(C3CCNCC3)nn2)cc1OCCC(C)C.Cl. The summed E-state index contributed by atoms with van der Waals surface area (Å²) in [6.07, 6.45) is 4.73. The molecule has 1 saturated heterocycles. The van der Waals surface area contributed by atoms with Crippen molar-refractivity contribution in [3.63, 3.8) is 0 Å². The molecule has 28 heavy (non-hydrogen) atoms. The topological polar surface area (TPSA) is 81.1 Å². The lowest BCUT2D eigenvalue weighted by atomic mass is 10.1. The van der Waals surface area contributed by atoms with Crippen LogP contribution in [0.15, 0.2) is 24.4 Å². The van der Waals surface area contributed by atoms with Gasteiger partial charge < -0.3 is 15.4 Å². The number of nitrogens with one attached hydrogen (secondary N) is 2. The molecule has 1 aliphatic rings. The summed E-state index contributed by atoms with van der Waals surface area (Å²) in [5, 5.41) is 14.4. The molecule has 0 spiro atoms. The summed E-state index contributed by atoms with van der Waals surface area (Å²) in [5.74, 6) is 1.13. The first kappa shape index (κ1) is 22.2. The Hall–Kier alpha value is -2.12. The van der Waals surface area contributed by atoms with Crippen molar-refractivity contribution in [2.45, 2.75) is 46.1 Å². The Balaban J connectivity index is 0.00000280. The van der Waals surface area contributed by atoms with Crippen molar-refractivity contribution in [3.8, 4) is 5.75 Å². The minimum absolute atomic E-state index is 0. The molecule has 1 amide bonds. The minimum atomic E-state index is -0.257. The van der Waals surface area contributed by atoms with Crippen LogP contribution in [0.5, 0.6) is 5.75 Å². The van der Waals surface area contributed by atoms with Crippen LogP contribution < -0.4 is 15.4 Å². The third-order valence-corrected chi connectivity index (χ3v) is 4.82. The van der Waals surface area contributed by atoms with Crippen molar-refractivity contribution < 1.29 is 9.53 Å². The summed E-state index contributed by atoms with van der Waals surface area (Å²) in [6, 6.07) is 6.00. The van der Waals surface area contributed by atoms with Crippen LogP contribution in [0.25, 0.3) is 0 Å². The van der Waals surface area contributed by atoms with E-state index in [4.69, 9.17) is 4.74 Å². The molecule has 1 fully saturated rings. The van der Waals surface area contributed by atoms with Crippen molar-refractivity contribution in [3.05, 3.63) is 35.7 Å². The van der Waals surface area contributed by atoms with E-state index in [-0.39, 0.29) is 18.3 Å². The summed E-state index contributed by atoms with van der Waals surface area (Å²) in [7, 11) is 0. The Morgan fingerprint density at radius 1 is 1.36 bits per heavy atom. The van der Waals surface area contributed by atoms with Gasteiger partial charge in [-0.1, -0.05) is 25.1 Å². The van der Waals surface area contributed by atoms with Crippen molar-refractivity contribution in [1.82, 2.24) is 20.3 Å². The molecule has 0 unspecified atom stereocenters. The van der Waals surface area contributed by atoms with Gasteiger partial charge in [-0.25, -0.2) is 4.68 Å². The van der Waals surface area contributed by atoms with Gasteiger partial charge in [0.1, 0.15) is 5.75 Å². The van der Waals surface area contributed by atoms with Crippen molar-refractivity contribution >= 4 is 24.0 Å². The normalized spacial score (nSPS) is 14.6. The molecule has 0 radical (unpaired) electrons. The van der Waals surface area contributed by atoms with Gasteiger partial charge in [-0.2, -0.15) is 0 Å². The van der Waals surface area contributed by atoms with Gasteiger partial charge in [0, 0.05) is 11.8 Å². The Morgan fingerprint density at radius 2 is 2.11 bits per heavy atom. The number of halogens is 1. The van der Waals surface area contributed by atoms with Crippen LogP contribution in [0.2, 0.25) is 0 Å². The lowest BCUT2D eigenvalue weighted by Gasteiger charge is -2.22. The highest BCUT2D eigenvalue weighted by Gasteiger charge is 2.19. The van der Waals surface area contributed by atoms with Gasteiger partial charge in [0.05, 0.1) is 18.8 Å². The second kappa shape index (κ2) is 10.4. The third kappa shape index (κ3) is 5.94. The molecule has 0 bridgehead atoms. The summed E-state index contributed by atoms with van der Waals surface area (Å²) >= 11 is 0. The molecule has 2 aromatic rings. The largest absolute Gasteiger partial charge is 0.493 e. The number of carbonyl (C=O) groups is 1. The summed E-state index contributed by atoms with van der Waals surface area (Å²) in [5.41, 5.74) is 2.08. The smallest absolute Gasteiger partial charge is 0.277 e. The van der Waals surface area contributed by atoms with Gasteiger partial charge in [-0.3, -0.25) is 4.79 Å². The van der Waals surface area contributed by atoms with Crippen LogP contribution in [-0.4, -0.2) is 40.6 Å². The molecule has 1 aromatic carbocycles. The zero-order valence-corrected chi connectivity index (χ0v) is 17.6. The molecule has 1 aliphatic heterocycles. The maximum Gasteiger partial charge on any atom is 0.277 e. The highest BCUT2D eigenvalue weighted by molar-refractivity contribution is 6.02. The molecule has 8 heteroatoms. The number of hydrogen-bond donors (Lipinski definition) is 2. The molecule has 0 atom stereocenters. The molecule has 2 N–H and O–H groups in total. The van der Waals surface area contributed by atoms with E-state index < -0.39 is 0 Å². The monoisotopic (exact) mass is 407 g/mol. The molecule has 0 saturated carbocycles. The van der Waals surface area contributed by atoms with E-state index in [1.807, 2.05) is 29.8 Å². The lowest BCUT2D eigenvalue weighted by Crippen LogP contribution is -2.29. The molecule has 3 rings (SSSR count). The van der Waals surface area contributed by atoms with E-state index in [9.17, 15) is 4.79 Å². The number of aromatic nitrogens is 3. The highest BCUT2D eigenvalue weighted by atomic mass is 35.5. The zero-order chi connectivity index (χ0) is 19.2. The minimum Gasteiger partial charge on any atom is -0.493 e. The number of hydrogen-bond acceptors (Lipinski definition) is 5. The quantitative estimate of drug-likeness (QED) is 0.732. The summed E-state index contributed by atoms with van der Waals surface area (Å²) < 4.78 is 7.68. The molecular weight excluding hydrogens is 378 g/mol. The van der Waals surface area contributed by atoms with E-state index in [0.29, 0.717) is 29.9 Å². The molecule has 154 valence electrons. The second-order valence-electron chi connectivity index (χ2n) is 7.53. The Labute approximate surface area is 172 Å². The highest BCUT2D eigenvalue weighted by Crippen LogP contribution is 2.24. The number of rotatable bonds is 7. The third-order valence-electron chi connectivity index (χ3n) is 4.82. The summed E-state index contributed by atoms with van der Waals surface area (Å²) in [4.78, 5) is 12.5. The zero-order valence-electron chi connectivity index (χ0n) is 16.8. The van der Waals surface area contributed by atoms with Crippen LogP contribution in [0.3, 0.4) is 0 Å². The van der Waals surface area contributed by atoms with Crippen molar-refractivity contribution in [1.29, 1.82) is 0 Å². The predicted molar refractivity (Wildman–Crippen MR) is 112 cm³/mol. The molecular formula is C20H30ClN5O2. The molecule has 2 heterocycles. The maximum absolute atomic E-state index is 12.5. The van der Waals surface area contributed by atoms with Crippen LogP contribution in [0.4, 0.5) is 5.69 Å². The Kier molecular flexibility index (Phi) is 8.26. The van der Waals surface area contributed by atoms with E-state index >= 15 is 0 Å².